The summed E-state index contributed by atoms with van der Waals surface area (Å²) in [4.78, 5) is 11.3. The van der Waals surface area contributed by atoms with E-state index < -0.39 is 5.97 Å². The Bertz CT molecular complexity index is 536. The van der Waals surface area contributed by atoms with Crippen LogP contribution in [-0.4, -0.2) is 22.8 Å². The number of carbonyl (C=O) groups excluding carboxylic acids is 1. The molecule has 0 aliphatic rings. The topological polar surface area (TPSA) is 91.2 Å². The Morgan fingerprint density at radius 3 is 3.00 bits per heavy atom. The molecule has 2 rings (SSSR count). The molecule has 0 atom stereocenters. The van der Waals surface area contributed by atoms with Gasteiger partial charge < -0.3 is 14.9 Å². The molecular weight excluding hydrogens is 222 g/mol. The maximum Gasteiger partial charge on any atom is 0.396 e. The van der Waals surface area contributed by atoms with Crippen molar-refractivity contribution in [2.45, 2.75) is 6.92 Å². The highest BCUT2D eigenvalue weighted by atomic mass is 16.5. The standard InChI is InChI=1S/C11H11N3O3/c1-2-16-11(15)10-14-13-9(17-10)7-4-3-5-8(12)6-7/h3-6H,2,12H2,1H3. The maximum atomic E-state index is 11.3. The quantitative estimate of drug-likeness (QED) is 0.638. The molecule has 0 aliphatic carbocycles. The van der Waals surface area contributed by atoms with Crippen LogP contribution in [0.1, 0.15) is 17.6 Å². The molecule has 0 spiro atoms. The van der Waals surface area contributed by atoms with Gasteiger partial charge in [0.25, 0.3) is 0 Å². The van der Waals surface area contributed by atoms with Crippen LogP contribution in [0.5, 0.6) is 0 Å². The fraction of sp³-hybridized carbons (Fsp3) is 0.182. The Hall–Kier alpha value is -2.37. The number of benzene rings is 1. The summed E-state index contributed by atoms with van der Waals surface area (Å²) in [5.41, 5.74) is 6.87. The number of ether oxygens (including phenoxy) is 1. The number of rotatable bonds is 3. The zero-order valence-corrected chi connectivity index (χ0v) is 9.21. The fourth-order valence-electron chi connectivity index (χ4n) is 1.29. The Labute approximate surface area is 97.4 Å². The molecule has 2 aromatic rings. The van der Waals surface area contributed by atoms with E-state index in [0.717, 1.165) is 0 Å². The van der Waals surface area contributed by atoms with Crippen LogP contribution < -0.4 is 5.73 Å². The molecule has 88 valence electrons. The van der Waals surface area contributed by atoms with E-state index in [1.54, 1.807) is 31.2 Å². The molecule has 0 unspecified atom stereocenters. The summed E-state index contributed by atoms with van der Waals surface area (Å²) in [5, 5.41) is 7.37. The number of hydrogen-bond donors (Lipinski definition) is 1. The minimum Gasteiger partial charge on any atom is -0.459 e. The molecule has 1 heterocycles. The second-order valence-corrected chi connectivity index (χ2v) is 3.26. The summed E-state index contributed by atoms with van der Waals surface area (Å²) in [6.07, 6.45) is 0. The van der Waals surface area contributed by atoms with E-state index in [0.29, 0.717) is 11.3 Å². The summed E-state index contributed by atoms with van der Waals surface area (Å²) >= 11 is 0. The molecule has 2 N–H and O–H groups in total. The zero-order chi connectivity index (χ0) is 12.3. The summed E-state index contributed by atoms with van der Waals surface area (Å²) in [7, 11) is 0. The van der Waals surface area contributed by atoms with Crippen molar-refractivity contribution >= 4 is 11.7 Å². The zero-order valence-electron chi connectivity index (χ0n) is 9.21. The van der Waals surface area contributed by atoms with Gasteiger partial charge in [-0.05, 0) is 25.1 Å². The van der Waals surface area contributed by atoms with E-state index in [1.165, 1.54) is 0 Å². The van der Waals surface area contributed by atoms with Gasteiger partial charge >= 0.3 is 11.9 Å². The first kappa shape index (κ1) is 11.1. The molecule has 6 heteroatoms. The summed E-state index contributed by atoms with van der Waals surface area (Å²) in [6, 6.07) is 6.95. The van der Waals surface area contributed by atoms with Crippen LogP contribution in [0.3, 0.4) is 0 Å². The van der Waals surface area contributed by atoms with Gasteiger partial charge in [-0.1, -0.05) is 6.07 Å². The first-order chi connectivity index (χ1) is 8.20. The van der Waals surface area contributed by atoms with Crippen molar-refractivity contribution in [1.29, 1.82) is 0 Å². The van der Waals surface area contributed by atoms with Gasteiger partial charge in [0.05, 0.1) is 6.61 Å². The molecule has 0 saturated heterocycles. The van der Waals surface area contributed by atoms with E-state index in [2.05, 4.69) is 10.2 Å². The third kappa shape index (κ3) is 2.41. The van der Waals surface area contributed by atoms with Crippen molar-refractivity contribution in [3.05, 3.63) is 30.2 Å². The molecule has 0 saturated carbocycles. The lowest BCUT2D eigenvalue weighted by Gasteiger charge is -1.96. The molecule has 0 radical (unpaired) electrons. The second kappa shape index (κ2) is 4.65. The van der Waals surface area contributed by atoms with Crippen LogP contribution in [0.15, 0.2) is 28.7 Å². The molecule has 17 heavy (non-hydrogen) atoms. The van der Waals surface area contributed by atoms with Gasteiger partial charge in [0.1, 0.15) is 0 Å². The Morgan fingerprint density at radius 2 is 2.29 bits per heavy atom. The number of hydrogen-bond acceptors (Lipinski definition) is 6. The number of aromatic nitrogens is 2. The van der Waals surface area contributed by atoms with Crippen molar-refractivity contribution in [3.63, 3.8) is 0 Å². The van der Waals surface area contributed by atoms with E-state index in [9.17, 15) is 4.79 Å². The van der Waals surface area contributed by atoms with Crippen molar-refractivity contribution in [1.82, 2.24) is 10.2 Å². The normalized spacial score (nSPS) is 10.2. The van der Waals surface area contributed by atoms with E-state index in [1.807, 2.05) is 0 Å². The van der Waals surface area contributed by atoms with Gasteiger partial charge in [0, 0.05) is 11.3 Å². The number of esters is 1. The lowest BCUT2D eigenvalue weighted by molar-refractivity contribution is 0.0481. The highest BCUT2D eigenvalue weighted by molar-refractivity contribution is 5.84. The monoisotopic (exact) mass is 233 g/mol. The van der Waals surface area contributed by atoms with Crippen molar-refractivity contribution in [2.24, 2.45) is 0 Å². The van der Waals surface area contributed by atoms with Crippen LogP contribution in [0.25, 0.3) is 11.5 Å². The van der Waals surface area contributed by atoms with Gasteiger partial charge in [-0.2, -0.15) is 0 Å². The predicted octanol–water partition coefficient (Wildman–Crippen LogP) is 1.50. The number of nitrogen functional groups attached to an aromatic ring is 1. The fourth-order valence-corrected chi connectivity index (χ4v) is 1.29. The van der Waals surface area contributed by atoms with Crippen molar-refractivity contribution in [2.75, 3.05) is 12.3 Å². The Morgan fingerprint density at radius 1 is 1.47 bits per heavy atom. The minimum absolute atomic E-state index is 0.163. The van der Waals surface area contributed by atoms with Crippen LogP contribution >= 0.6 is 0 Å². The smallest absolute Gasteiger partial charge is 0.396 e. The average molecular weight is 233 g/mol. The van der Waals surface area contributed by atoms with Gasteiger partial charge in [0.15, 0.2) is 0 Å². The first-order valence-electron chi connectivity index (χ1n) is 5.07. The number of nitrogens with zero attached hydrogens (tertiary/aromatic N) is 2. The molecule has 0 fully saturated rings. The van der Waals surface area contributed by atoms with E-state index in [4.69, 9.17) is 14.9 Å². The van der Waals surface area contributed by atoms with Gasteiger partial charge in [-0.3, -0.25) is 0 Å². The van der Waals surface area contributed by atoms with E-state index in [-0.39, 0.29) is 18.4 Å². The lowest BCUT2D eigenvalue weighted by atomic mass is 10.2. The van der Waals surface area contributed by atoms with Crippen LogP contribution in [0.4, 0.5) is 5.69 Å². The second-order valence-electron chi connectivity index (χ2n) is 3.26. The van der Waals surface area contributed by atoms with Crippen LogP contribution in [0.2, 0.25) is 0 Å². The third-order valence-electron chi connectivity index (χ3n) is 2.01. The Balaban J connectivity index is 2.27. The SMILES string of the molecule is CCOC(=O)c1nnc(-c2cccc(N)c2)o1. The minimum atomic E-state index is -0.629. The number of nitrogens with two attached hydrogens (primary N) is 1. The average Bonchev–Trinajstić information content (AvgIpc) is 2.78. The molecule has 6 nitrogen and oxygen atoms in total. The molecule has 0 amide bonds. The van der Waals surface area contributed by atoms with Crippen LogP contribution in [-0.2, 0) is 4.74 Å². The summed E-state index contributed by atoms with van der Waals surface area (Å²) in [6.45, 7) is 1.96. The predicted molar refractivity (Wildman–Crippen MR) is 60.1 cm³/mol. The largest absolute Gasteiger partial charge is 0.459 e. The van der Waals surface area contributed by atoms with Crippen molar-refractivity contribution in [3.8, 4) is 11.5 Å². The van der Waals surface area contributed by atoms with Crippen LogP contribution in [0, 0.1) is 0 Å². The highest BCUT2D eigenvalue weighted by Gasteiger charge is 2.16. The molecular formula is C11H11N3O3. The van der Waals surface area contributed by atoms with E-state index >= 15 is 0 Å². The molecule has 1 aromatic heterocycles. The Kier molecular flexibility index (Phi) is 3.04. The number of anilines is 1. The van der Waals surface area contributed by atoms with Gasteiger partial charge in [-0.25, -0.2) is 4.79 Å². The summed E-state index contributed by atoms with van der Waals surface area (Å²) < 4.78 is 9.93. The third-order valence-corrected chi connectivity index (χ3v) is 2.01. The summed E-state index contributed by atoms with van der Waals surface area (Å²) in [5.74, 6) is -0.556. The maximum absolute atomic E-state index is 11.3. The first-order valence-corrected chi connectivity index (χ1v) is 5.07. The molecule has 1 aromatic carbocycles. The van der Waals surface area contributed by atoms with Crippen molar-refractivity contribution < 1.29 is 13.9 Å². The molecule has 0 aliphatic heterocycles. The highest BCUT2D eigenvalue weighted by Crippen LogP contribution is 2.20. The van der Waals surface area contributed by atoms with Gasteiger partial charge in [0.2, 0.25) is 5.89 Å². The lowest BCUT2D eigenvalue weighted by Crippen LogP contribution is -2.04. The number of carbonyl (C=O) groups is 1. The van der Waals surface area contributed by atoms with Gasteiger partial charge in [-0.15, -0.1) is 10.2 Å². The molecule has 0 bridgehead atoms.